The van der Waals surface area contributed by atoms with E-state index in [1.54, 1.807) is 27.9 Å². The lowest BCUT2D eigenvalue weighted by atomic mass is 9.98. The van der Waals surface area contributed by atoms with E-state index in [1.807, 2.05) is 60.7 Å². The molecule has 2 amide bonds. The Bertz CT molecular complexity index is 1320. The van der Waals surface area contributed by atoms with Crippen molar-refractivity contribution in [2.24, 2.45) is 0 Å². The highest BCUT2D eigenvalue weighted by molar-refractivity contribution is 5.89. The standard InChI is InChI=1S/C32H36N2O6/c1-32(2,3)40-29(35)19-28(30(36)33-17-16-21-10-9-11-22(18-21)38-4)34-31(37)39-20-27-25-14-7-5-12-23(25)24-13-6-8-15-26(24)27/h5-15,18,27-28H,16-17,19-20H2,1-4H3,(H,33,36)(H,34,37)/t28-/m0/s1. The van der Waals surface area contributed by atoms with Crippen molar-refractivity contribution in [2.45, 2.75) is 51.2 Å². The Morgan fingerprint density at radius 3 is 2.17 bits per heavy atom. The maximum absolute atomic E-state index is 13.1. The van der Waals surface area contributed by atoms with E-state index in [2.05, 4.69) is 22.8 Å². The topological polar surface area (TPSA) is 103 Å². The number of carbonyl (C=O) groups is 3. The van der Waals surface area contributed by atoms with Crippen LogP contribution in [0.3, 0.4) is 0 Å². The molecule has 1 aliphatic carbocycles. The van der Waals surface area contributed by atoms with Crippen LogP contribution in [0.2, 0.25) is 0 Å². The predicted molar refractivity (Wildman–Crippen MR) is 152 cm³/mol. The highest BCUT2D eigenvalue weighted by Crippen LogP contribution is 2.44. The Hall–Kier alpha value is -4.33. The SMILES string of the molecule is COc1cccc(CCNC(=O)[C@H](CC(=O)OC(C)(C)C)NC(=O)OCC2c3ccccc3-c3ccccc32)c1. The summed E-state index contributed by atoms with van der Waals surface area (Å²) in [6.45, 7) is 5.63. The molecule has 3 aromatic rings. The van der Waals surface area contributed by atoms with E-state index in [0.717, 1.165) is 33.6 Å². The number of carbonyl (C=O) groups excluding carboxylic acids is 3. The monoisotopic (exact) mass is 544 g/mol. The van der Waals surface area contributed by atoms with Gasteiger partial charge < -0.3 is 24.8 Å². The highest BCUT2D eigenvalue weighted by atomic mass is 16.6. The summed E-state index contributed by atoms with van der Waals surface area (Å²) in [5, 5.41) is 5.39. The maximum atomic E-state index is 13.1. The number of fused-ring (bicyclic) bond motifs is 3. The van der Waals surface area contributed by atoms with Crippen molar-refractivity contribution in [3.8, 4) is 16.9 Å². The molecule has 2 N–H and O–H groups in total. The second kappa shape index (κ2) is 12.7. The second-order valence-corrected chi connectivity index (χ2v) is 10.7. The van der Waals surface area contributed by atoms with Crippen LogP contribution in [-0.4, -0.2) is 49.9 Å². The van der Waals surface area contributed by atoms with Crippen molar-refractivity contribution in [3.05, 3.63) is 89.5 Å². The van der Waals surface area contributed by atoms with Gasteiger partial charge in [-0.05, 0) is 67.1 Å². The summed E-state index contributed by atoms with van der Waals surface area (Å²) in [4.78, 5) is 38.5. The molecule has 0 saturated heterocycles. The first kappa shape index (κ1) is 28.7. The largest absolute Gasteiger partial charge is 0.497 e. The average molecular weight is 545 g/mol. The molecule has 1 atom stereocenters. The number of alkyl carbamates (subject to hydrolysis) is 1. The Morgan fingerprint density at radius 1 is 0.900 bits per heavy atom. The van der Waals surface area contributed by atoms with Crippen LogP contribution in [0.25, 0.3) is 11.1 Å². The smallest absolute Gasteiger partial charge is 0.407 e. The first-order valence-electron chi connectivity index (χ1n) is 13.4. The molecule has 8 nitrogen and oxygen atoms in total. The molecule has 0 saturated carbocycles. The minimum atomic E-state index is -1.16. The van der Waals surface area contributed by atoms with Crippen LogP contribution in [0.4, 0.5) is 4.79 Å². The summed E-state index contributed by atoms with van der Waals surface area (Å²) in [5.74, 6) is -0.496. The fourth-order valence-corrected chi connectivity index (χ4v) is 4.82. The van der Waals surface area contributed by atoms with Crippen molar-refractivity contribution >= 4 is 18.0 Å². The zero-order valence-electron chi connectivity index (χ0n) is 23.4. The van der Waals surface area contributed by atoms with Crippen molar-refractivity contribution in [1.82, 2.24) is 10.6 Å². The number of rotatable bonds is 10. The lowest BCUT2D eigenvalue weighted by Gasteiger charge is -2.23. The lowest BCUT2D eigenvalue weighted by molar-refractivity contribution is -0.156. The number of hydrogen-bond acceptors (Lipinski definition) is 6. The van der Waals surface area contributed by atoms with E-state index in [9.17, 15) is 14.4 Å². The van der Waals surface area contributed by atoms with E-state index in [1.165, 1.54) is 0 Å². The van der Waals surface area contributed by atoms with Crippen LogP contribution >= 0.6 is 0 Å². The predicted octanol–water partition coefficient (Wildman–Crippen LogP) is 4.99. The van der Waals surface area contributed by atoms with Crippen molar-refractivity contribution in [1.29, 1.82) is 0 Å². The Morgan fingerprint density at radius 2 is 1.55 bits per heavy atom. The number of methoxy groups -OCH3 is 1. The normalized spacial score (nSPS) is 13.0. The maximum Gasteiger partial charge on any atom is 0.407 e. The van der Waals surface area contributed by atoms with Gasteiger partial charge in [0.2, 0.25) is 5.91 Å². The number of hydrogen-bond donors (Lipinski definition) is 2. The molecule has 0 aliphatic heterocycles. The van der Waals surface area contributed by atoms with E-state index in [0.29, 0.717) is 13.0 Å². The lowest BCUT2D eigenvalue weighted by Crippen LogP contribution is -2.49. The van der Waals surface area contributed by atoms with Crippen LogP contribution in [-0.2, 0) is 25.5 Å². The van der Waals surface area contributed by atoms with Gasteiger partial charge in [0.1, 0.15) is 24.0 Å². The van der Waals surface area contributed by atoms with Crippen LogP contribution in [0.1, 0.15) is 49.8 Å². The summed E-state index contributed by atoms with van der Waals surface area (Å²) in [6.07, 6.45) is -0.558. The van der Waals surface area contributed by atoms with Crippen molar-refractivity contribution in [3.63, 3.8) is 0 Å². The number of ether oxygens (including phenoxy) is 3. The first-order chi connectivity index (χ1) is 19.1. The summed E-state index contributed by atoms with van der Waals surface area (Å²) in [5.41, 5.74) is 4.64. The molecule has 0 radical (unpaired) electrons. The number of esters is 1. The molecule has 0 fully saturated rings. The molecule has 0 bridgehead atoms. The van der Waals surface area contributed by atoms with E-state index >= 15 is 0 Å². The molecule has 3 aromatic carbocycles. The molecule has 0 spiro atoms. The summed E-state index contributed by atoms with van der Waals surface area (Å²) >= 11 is 0. The fourth-order valence-electron chi connectivity index (χ4n) is 4.82. The zero-order chi connectivity index (χ0) is 28.7. The summed E-state index contributed by atoms with van der Waals surface area (Å²) < 4.78 is 16.2. The highest BCUT2D eigenvalue weighted by Gasteiger charge is 2.31. The molecule has 0 aromatic heterocycles. The molecule has 0 heterocycles. The number of amides is 2. The minimum absolute atomic E-state index is 0.0937. The first-order valence-corrected chi connectivity index (χ1v) is 13.4. The van der Waals surface area contributed by atoms with Gasteiger partial charge in [-0.25, -0.2) is 4.79 Å². The molecule has 8 heteroatoms. The summed E-state index contributed by atoms with van der Waals surface area (Å²) in [6, 6.07) is 22.5. The quantitative estimate of drug-likeness (QED) is 0.349. The minimum Gasteiger partial charge on any atom is -0.497 e. The van der Waals surface area contributed by atoms with Crippen LogP contribution in [0, 0.1) is 0 Å². The number of nitrogens with one attached hydrogen (secondary N) is 2. The van der Waals surface area contributed by atoms with Gasteiger partial charge >= 0.3 is 12.1 Å². The van der Waals surface area contributed by atoms with Gasteiger partial charge in [0.25, 0.3) is 0 Å². The average Bonchev–Trinajstić information content (AvgIpc) is 3.24. The van der Waals surface area contributed by atoms with Crippen LogP contribution < -0.4 is 15.4 Å². The third-order valence-electron chi connectivity index (χ3n) is 6.59. The zero-order valence-corrected chi connectivity index (χ0v) is 23.4. The Kier molecular flexibility index (Phi) is 9.09. The van der Waals surface area contributed by atoms with E-state index < -0.39 is 29.6 Å². The third-order valence-corrected chi connectivity index (χ3v) is 6.59. The fraction of sp³-hybridized carbons (Fsp3) is 0.344. The Balaban J connectivity index is 1.39. The van der Waals surface area contributed by atoms with Crippen LogP contribution in [0.15, 0.2) is 72.8 Å². The third kappa shape index (κ3) is 7.40. The van der Waals surface area contributed by atoms with E-state index in [4.69, 9.17) is 14.2 Å². The van der Waals surface area contributed by atoms with E-state index in [-0.39, 0.29) is 18.9 Å². The van der Waals surface area contributed by atoms with Gasteiger partial charge in [-0.1, -0.05) is 60.7 Å². The molecule has 1 aliphatic rings. The van der Waals surface area contributed by atoms with Gasteiger partial charge in [0.05, 0.1) is 13.5 Å². The molecular formula is C32H36N2O6. The molecule has 4 rings (SSSR count). The second-order valence-electron chi connectivity index (χ2n) is 10.7. The van der Waals surface area contributed by atoms with Crippen LogP contribution in [0.5, 0.6) is 5.75 Å². The van der Waals surface area contributed by atoms with Gasteiger partial charge in [-0.3, -0.25) is 9.59 Å². The van der Waals surface area contributed by atoms with Gasteiger partial charge in [-0.15, -0.1) is 0 Å². The van der Waals surface area contributed by atoms with Crippen molar-refractivity contribution < 1.29 is 28.6 Å². The van der Waals surface area contributed by atoms with Gasteiger partial charge in [0, 0.05) is 12.5 Å². The Labute approximate surface area is 235 Å². The molecule has 0 unspecified atom stereocenters. The molecule has 210 valence electrons. The van der Waals surface area contributed by atoms with Gasteiger partial charge in [0.15, 0.2) is 0 Å². The molecule has 40 heavy (non-hydrogen) atoms. The number of benzene rings is 3. The van der Waals surface area contributed by atoms with Gasteiger partial charge in [-0.2, -0.15) is 0 Å². The summed E-state index contributed by atoms with van der Waals surface area (Å²) in [7, 11) is 1.59. The van der Waals surface area contributed by atoms with Crippen molar-refractivity contribution in [2.75, 3.05) is 20.3 Å². The molecular weight excluding hydrogens is 508 g/mol.